The van der Waals surface area contributed by atoms with Crippen molar-refractivity contribution in [3.8, 4) is 5.69 Å². The van der Waals surface area contributed by atoms with Gasteiger partial charge in [0.1, 0.15) is 5.82 Å². The lowest BCUT2D eigenvalue weighted by Crippen LogP contribution is -2.32. The van der Waals surface area contributed by atoms with Crippen LogP contribution in [0.3, 0.4) is 0 Å². The number of hydrogen-bond donors (Lipinski definition) is 1. The highest BCUT2D eigenvalue weighted by Gasteiger charge is 2.19. The van der Waals surface area contributed by atoms with E-state index in [-0.39, 0.29) is 17.6 Å². The Balaban J connectivity index is 1.64. The average molecular weight is 358 g/mol. The molecule has 1 aromatic carbocycles. The molecule has 2 heterocycles. The number of rotatable bonds is 6. The van der Waals surface area contributed by atoms with Crippen molar-refractivity contribution in [1.82, 2.24) is 20.0 Å². The predicted octanol–water partition coefficient (Wildman–Crippen LogP) is 2.32. The second-order valence-corrected chi connectivity index (χ2v) is 6.34. The predicted molar refractivity (Wildman–Crippen MR) is 95.7 cm³/mol. The lowest BCUT2D eigenvalue weighted by molar-refractivity contribution is -0.129. The van der Waals surface area contributed by atoms with Crippen molar-refractivity contribution in [1.29, 1.82) is 0 Å². The molecule has 6 nitrogen and oxygen atoms in total. The molecule has 2 amide bonds. The Morgan fingerprint density at radius 2 is 1.88 bits per heavy atom. The molecule has 3 rings (SSSR count). The van der Waals surface area contributed by atoms with E-state index in [1.165, 1.54) is 18.3 Å². The molecule has 1 fully saturated rings. The molecule has 1 aliphatic heterocycles. The third-order valence-electron chi connectivity index (χ3n) is 4.60. The smallest absolute Gasteiger partial charge is 0.254 e. The summed E-state index contributed by atoms with van der Waals surface area (Å²) in [5.41, 5.74) is 1.93. The van der Waals surface area contributed by atoms with E-state index in [2.05, 4.69) is 10.4 Å². The Kier molecular flexibility index (Phi) is 5.65. The molecule has 0 saturated carbocycles. The van der Waals surface area contributed by atoms with Gasteiger partial charge in [0.25, 0.3) is 5.91 Å². The quantitative estimate of drug-likeness (QED) is 0.862. The van der Waals surface area contributed by atoms with Crippen molar-refractivity contribution in [2.45, 2.75) is 32.6 Å². The SMILES string of the molecule is CCc1c(C(=O)NCCC(=O)N2CCCC2)cnn1-c1ccc(F)cc1. The molecule has 26 heavy (non-hydrogen) atoms. The zero-order valence-corrected chi connectivity index (χ0v) is 14.9. The van der Waals surface area contributed by atoms with Gasteiger partial charge in [0.2, 0.25) is 5.91 Å². The van der Waals surface area contributed by atoms with Gasteiger partial charge in [-0.2, -0.15) is 5.10 Å². The fourth-order valence-electron chi connectivity index (χ4n) is 3.21. The van der Waals surface area contributed by atoms with Gasteiger partial charge in [-0.25, -0.2) is 9.07 Å². The van der Waals surface area contributed by atoms with Gasteiger partial charge < -0.3 is 10.2 Å². The summed E-state index contributed by atoms with van der Waals surface area (Å²) in [5.74, 6) is -0.482. The number of carbonyl (C=O) groups excluding carboxylic acids is 2. The van der Waals surface area contributed by atoms with Crippen LogP contribution in [-0.4, -0.2) is 46.1 Å². The summed E-state index contributed by atoms with van der Waals surface area (Å²) in [4.78, 5) is 26.4. The molecule has 138 valence electrons. The first-order valence-corrected chi connectivity index (χ1v) is 8.99. The maximum absolute atomic E-state index is 13.1. The number of carbonyl (C=O) groups is 2. The van der Waals surface area contributed by atoms with E-state index in [0.29, 0.717) is 30.6 Å². The van der Waals surface area contributed by atoms with Gasteiger partial charge >= 0.3 is 0 Å². The lowest BCUT2D eigenvalue weighted by atomic mass is 10.2. The third kappa shape index (κ3) is 3.92. The van der Waals surface area contributed by atoms with Gasteiger partial charge in [-0.05, 0) is 43.5 Å². The van der Waals surface area contributed by atoms with Crippen LogP contribution in [0.15, 0.2) is 30.5 Å². The highest BCUT2D eigenvalue weighted by atomic mass is 19.1. The van der Waals surface area contributed by atoms with E-state index in [0.717, 1.165) is 31.6 Å². The van der Waals surface area contributed by atoms with Crippen molar-refractivity contribution in [2.75, 3.05) is 19.6 Å². The Morgan fingerprint density at radius 1 is 1.19 bits per heavy atom. The van der Waals surface area contributed by atoms with E-state index >= 15 is 0 Å². The monoisotopic (exact) mass is 358 g/mol. The van der Waals surface area contributed by atoms with Crippen LogP contribution < -0.4 is 5.32 Å². The summed E-state index contributed by atoms with van der Waals surface area (Å²) in [7, 11) is 0. The largest absolute Gasteiger partial charge is 0.351 e. The summed E-state index contributed by atoms with van der Waals surface area (Å²) in [6.45, 7) is 3.87. The summed E-state index contributed by atoms with van der Waals surface area (Å²) >= 11 is 0. The summed E-state index contributed by atoms with van der Waals surface area (Å²) < 4.78 is 14.8. The van der Waals surface area contributed by atoms with Crippen LogP contribution in [0, 0.1) is 5.82 Å². The van der Waals surface area contributed by atoms with Gasteiger partial charge in [0.05, 0.1) is 23.1 Å². The molecule has 1 aliphatic rings. The molecule has 0 atom stereocenters. The van der Waals surface area contributed by atoms with Crippen LogP contribution in [0.2, 0.25) is 0 Å². The molecule has 0 spiro atoms. The highest BCUT2D eigenvalue weighted by Crippen LogP contribution is 2.16. The number of halogens is 1. The number of hydrogen-bond acceptors (Lipinski definition) is 3. The summed E-state index contributed by atoms with van der Waals surface area (Å²) in [6, 6.07) is 5.97. The molecule has 0 aliphatic carbocycles. The number of benzene rings is 1. The summed E-state index contributed by atoms with van der Waals surface area (Å²) in [6.07, 6.45) is 4.53. The molecule has 0 unspecified atom stereocenters. The minimum absolute atomic E-state index is 0.0838. The van der Waals surface area contributed by atoms with Crippen LogP contribution in [0.5, 0.6) is 0 Å². The topological polar surface area (TPSA) is 67.2 Å². The first-order valence-electron chi connectivity index (χ1n) is 8.99. The minimum Gasteiger partial charge on any atom is -0.351 e. The number of amides is 2. The van der Waals surface area contributed by atoms with Crippen LogP contribution >= 0.6 is 0 Å². The number of aromatic nitrogens is 2. The van der Waals surface area contributed by atoms with Crippen molar-refractivity contribution in [3.05, 3.63) is 47.5 Å². The Labute approximate surface area is 152 Å². The Bertz CT molecular complexity index is 779. The molecular formula is C19H23FN4O2. The van der Waals surface area contributed by atoms with Crippen LogP contribution in [0.4, 0.5) is 4.39 Å². The molecule has 1 N–H and O–H groups in total. The normalized spacial score (nSPS) is 13.8. The Morgan fingerprint density at radius 3 is 2.54 bits per heavy atom. The molecule has 2 aromatic rings. The van der Waals surface area contributed by atoms with E-state index in [4.69, 9.17) is 0 Å². The zero-order valence-electron chi connectivity index (χ0n) is 14.9. The number of nitrogens with zero attached hydrogens (tertiary/aromatic N) is 3. The molecule has 1 saturated heterocycles. The zero-order chi connectivity index (χ0) is 18.5. The lowest BCUT2D eigenvalue weighted by Gasteiger charge is -2.15. The Hall–Kier alpha value is -2.70. The average Bonchev–Trinajstić information content (AvgIpc) is 3.31. The third-order valence-corrected chi connectivity index (χ3v) is 4.60. The first-order chi connectivity index (χ1) is 12.6. The summed E-state index contributed by atoms with van der Waals surface area (Å²) in [5, 5.41) is 7.07. The minimum atomic E-state index is -0.320. The molecule has 1 aromatic heterocycles. The fraction of sp³-hybridized carbons (Fsp3) is 0.421. The van der Waals surface area contributed by atoms with Gasteiger partial charge in [0, 0.05) is 26.1 Å². The van der Waals surface area contributed by atoms with E-state index in [1.54, 1.807) is 16.8 Å². The van der Waals surface area contributed by atoms with Gasteiger partial charge in [-0.1, -0.05) is 6.92 Å². The van der Waals surface area contributed by atoms with Gasteiger partial charge in [-0.3, -0.25) is 9.59 Å². The standard InChI is InChI=1S/C19H23FN4O2/c1-2-17-16(13-22-24(17)15-7-5-14(20)6-8-15)19(26)21-10-9-18(25)23-11-3-4-12-23/h5-8,13H,2-4,9-12H2,1H3,(H,21,26). The maximum atomic E-state index is 13.1. The second kappa shape index (κ2) is 8.12. The highest BCUT2D eigenvalue weighted by molar-refractivity contribution is 5.95. The van der Waals surface area contributed by atoms with Crippen molar-refractivity contribution in [3.63, 3.8) is 0 Å². The maximum Gasteiger partial charge on any atom is 0.254 e. The van der Waals surface area contributed by atoms with Crippen LogP contribution in [0.1, 0.15) is 42.2 Å². The first kappa shape index (κ1) is 18.1. The van der Waals surface area contributed by atoms with E-state index < -0.39 is 0 Å². The number of likely N-dealkylation sites (tertiary alicyclic amines) is 1. The van der Waals surface area contributed by atoms with E-state index in [1.807, 2.05) is 11.8 Å². The van der Waals surface area contributed by atoms with Crippen molar-refractivity contribution in [2.24, 2.45) is 0 Å². The van der Waals surface area contributed by atoms with Crippen LogP contribution in [-0.2, 0) is 11.2 Å². The van der Waals surface area contributed by atoms with Gasteiger partial charge in [-0.15, -0.1) is 0 Å². The van der Waals surface area contributed by atoms with Crippen LogP contribution in [0.25, 0.3) is 5.69 Å². The molecule has 7 heteroatoms. The molecule has 0 bridgehead atoms. The molecular weight excluding hydrogens is 335 g/mol. The van der Waals surface area contributed by atoms with Crippen molar-refractivity contribution < 1.29 is 14.0 Å². The van der Waals surface area contributed by atoms with Crippen molar-refractivity contribution >= 4 is 11.8 Å². The second-order valence-electron chi connectivity index (χ2n) is 6.34. The number of nitrogens with one attached hydrogen (secondary N) is 1. The van der Waals surface area contributed by atoms with E-state index in [9.17, 15) is 14.0 Å². The fourth-order valence-corrected chi connectivity index (χ4v) is 3.21. The van der Waals surface area contributed by atoms with Gasteiger partial charge in [0.15, 0.2) is 0 Å². The molecule has 0 radical (unpaired) electrons.